The molecule has 0 bridgehead atoms. The Labute approximate surface area is 113 Å². The molecule has 0 saturated carbocycles. The minimum absolute atomic E-state index is 0.0355. The van der Waals surface area contributed by atoms with Gasteiger partial charge in [0, 0.05) is 16.0 Å². The Bertz CT molecular complexity index is 678. The van der Waals surface area contributed by atoms with Gasteiger partial charge < -0.3 is 4.42 Å². The highest BCUT2D eigenvalue weighted by molar-refractivity contribution is 7.19. The Morgan fingerprint density at radius 1 is 1.32 bits per heavy atom. The highest BCUT2D eigenvalue weighted by atomic mass is 32.1. The summed E-state index contributed by atoms with van der Waals surface area (Å²) in [5.74, 6) is 6.26. The lowest BCUT2D eigenvalue weighted by molar-refractivity contribution is 0.458. The monoisotopic (exact) mass is 276 g/mol. The predicted molar refractivity (Wildman–Crippen MR) is 74.3 cm³/mol. The van der Waals surface area contributed by atoms with E-state index >= 15 is 0 Å². The molecule has 0 aliphatic rings. The highest BCUT2D eigenvalue weighted by Gasteiger charge is 2.15. The number of rotatable bonds is 4. The summed E-state index contributed by atoms with van der Waals surface area (Å²) in [4.78, 5) is 1.07. The number of nitrogens with one attached hydrogen (secondary N) is 1. The molecule has 0 radical (unpaired) electrons. The minimum atomic E-state index is -0.222. The molecule has 0 amide bonds. The van der Waals surface area contributed by atoms with Gasteiger partial charge in [-0.2, -0.15) is 0 Å². The first-order valence-corrected chi connectivity index (χ1v) is 6.75. The summed E-state index contributed by atoms with van der Waals surface area (Å²) < 4.78 is 19.6. The molecule has 3 nitrogen and oxygen atoms in total. The van der Waals surface area contributed by atoms with Gasteiger partial charge in [-0.15, -0.1) is 11.3 Å². The van der Waals surface area contributed by atoms with Gasteiger partial charge in [0.2, 0.25) is 0 Å². The van der Waals surface area contributed by atoms with E-state index in [-0.39, 0.29) is 11.9 Å². The van der Waals surface area contributed by atoms with Gasteiger partial charge in [0.05, 0.1) is 12.3 Å². The van der Waals surface area contributed by atoms with Crippen molar-refractivity contribution in [3.8, 4) is 0 Å². The maximum atomic E-state index is 13.2. The van der Waals surface area contributed by atoms with Crippen LogP contribution in [0.4, 0.5) is 4.39 Å². The average molecular weight is 276 g/mol. The van der Waals surface area contributed by atoms with Crippen LogP contribution in [-0.2, 0) is 6.42 Å². The van der Waals surface area contributed by atoms with Gasteiger partial charge in [-0.3, -0.25) is 11.3 Å². The lowest BCUT2D eigenvalue weighted by atomic mass is 10.1. The Morgan fingerprint density at radius 3 is 2.95 bits per heavy atom. The van der Waals surface area contributed by atoms with E-state index in [0.717, 1.165) is 20.7 Å². The van der Waals surface area contributed by atoms with Gasteiger partial charge >= 0.3 is 0 Å². The topological polar surface area (TPSA) is 51.2 Å². The summed E-state index contributed by atoms with van der Waals surface area (Å²) in [5, 5.41) is 0.902. The van der Waals surface area contributed by atoms with Crippen LogP contribution >= 0.6 is 11.3 Å². The molecule has 0 saturated heterocycles. The van der Waals surface area contributed by atoms with Gasteiger partial charge in [-0.05, 0) is 41.8 Å². The van der Waals surface area contributed by atoms with E-state index in [2.05, 4.69) is 5.43 Å². The number of hydrogen-bond donors (Lipinski definition) is 2. The zero-order chi connectivity index (χ0) is 13.2. The average Bonchev–Trinajstić information content (AvgIpc) is 3.03. The fraction of sp³-hybridized carbons (Fsp3) is 0.143. The Kier molecular flexibility index (Phi) is 3.33. The van der Waals surface area contributed by atoms with E-state index in [1.165, 1.54) is 12.1 Å². The van der Waals surface area contributed by atoms with E-state index in [0.29, 0.717) is 6.42 Å². The smallest absolute Gasteiger partial charge is 0.123 e. The van der Waals surface area contributed by atoms with E-state index < -0.39 is 0 Å². The quantitative estimate of drug-likeness (QED) is 0.567. The fourth-order valence-corrected chi connectivity index (χ4v) is 3.18. The molecule has 19 heavy (non-hydrogen) atoms. The van der Waals surface area contributed by atoms with Crippen molar-refractivity contribution < 1.29 is 8.81 Å². The van der Waals surface area contributed by atoms with E-state index in [1.54, 1.807) is 23.7 Å². The van der Waals surface area contributed by atoms with Crippen molar-refractivity contribution in [2.75, 3.05) is 0 Å². The number of thiophene rings is 1. The van der Waals surface area contributed by atoms with Crippen molar-refractivity contribution in [3.05, 3.63) is 59.1 Å². The van der Waals surface area contributed by atoms with Crippen molar-refractivity contribution in [1.82, 2.24) is 5.43 Å². The van der Waals surface area contributed by atoms with Crippen LogP contribution in [0.1, 0.15) is 16.7 Å². The van der Waals surface area contributed by atoms with Crippen LogP contribution in [0, 0.1) is 5.82 Å². The molecule has 1 atom stereocenters. The fourth-order valence-electron chi connectivity index (χ4n) is 2.08. The summed E-state index contributed by atoms with van der Waals surface area (Å²) >= 11 is 1.61. The Morgan fingerprint density at radius 2 is 2.21 bits per heavy atom. The van der Waals surface area contributed by atoms with Crippen LogP contribution in [0.5, 0.6) is 0 Å². The maximum Gasteiger partial charge on any atom is 0.123 e. The van der Waals surface area contributed by atoms with Crippen LogP contribution in [0.15, 0.2) is 47.1 Å². The van der Waals surface area contributed by atoms with Gasteiger partial charge in [-0.25, -0.2) is 4.39 Å². The van der Waals surface area contributed by atoms with Gasteiger partial charge in [0.25, 0.3) is 0 Å². The predicted octanol–water partition coefficient (Wildman–Crippen LogP) is 3.38. The largest absolute Gasteiger partial charge is 0.469 e. The highest BCUT2D eigenvalue weighted by Crippen LogP contribution is 2.31. The molecule has 0 aliphatic heterocycles. The van der Waals surface area contributed by atoms with Crippen molar-refractivity contribution >= 4 is 21.4 Å². The third-order valence-corrected chi connectivity index (χ3v) is 4.26. The van der Waals surface area contributed by atoms with Gasteiger partial charge in [-0.1, -0.05) is 0 Å². The van der Waals surface area contributed by atoms with Crippen LogP contribution in [0.3, 0.4) is 0 Å². The molecule has 2 heterocycles. The number of fused-ring (bicyclic) bond motifs is 1. The lowest BCUT2D eigenvalue weighted by Crippen LogP contribution is -2.28. The summed E-state index contributed by atoms with van der Waals surface area (Å²) in [6.07, 6.45) is 2.31. The van der Waals surface area contributed by atoms with E-state index in [1.807, 2.05) is 18.2 Å². The number of halogens is 1. The minimum Gasteiger partial charge on any atom is -0.469 e. The van der Waals surface area contributed by atoms with E-state index in [4.69, 9.17) is 10.3 Å². The first kappa shape index (κ1) is 12.3. The zero-order valence-electron chi connectivity index (χ0n) is 10.1. The summed E-state index contributed by atoms with van der Waals surface area (Å²) in [5.41, 5.74) is 2.79. The SMILES string of the molecule is NNC(Cc1ccco1)c1cc2cc(F)ccc2s1. The van der Waals surface area contributed by atoms with Crippen molar-refractivity contribution in [2.45, 2.75) is 12.5 Å². The zero-order valence-corrected chi connectivity index (χ0v) is 10.9. The van der Waals surface area contributed by atoms with Crippen molar-refractivity contribution in [1.29, 1.82) is 0 Å². The molecule has 3 N–H and O–H groups in total. The molecule has 3 rings (SSSR count). The van der Waals surface area contributed by atoms with Crippen LogP contribution in [0.2, 0.25) is 0 Å². The molecule has 5 heteroatoms. The summed E-state index contributed by atoms with van der Waals surface area (Å²) in [6, 6.07) is 10.5. The number of furan rings is 1. The molecule has 0 spiro atoms. The first-order valence-electron chi connectivity index (χ1n) is 5.94. The van der Waals surface area contributed by atoms with Gasteiger partial charge in [0.1, 0.15) is 11.6 Å². The molecule has 3 aromatic rings. The molecule has 0 fully saturated rings. The summed E-state index contributed by atoms with van der Waals surface area (Å²) in [7, 11) is 0. The molecule has 1 aromatic carbocycles. The number of hydrazine groups is 1. The van der Waals surface area contributed by atoms with Crippen molar-refractivity contribution in [2.24, 2.45) is 5.84 Å². The number of hydrogen-bond acceptors (Lipinski definition) is 4. The second-order valence-corrected chi connectivity index (χ2v) is 5.45. The van der Waals surface area contributed by atoms with Crippen molar-refractivity contribution in [3.63, 3.8) is 0 Å². The molecule has 1 unspecified atom stereocenters. The normalized spacial score (nSPS) is 12.9. The van der Waals surface area contributed by atoms with Crippen LogP contribution < -0.4 is 11.3 Å². The van der Waals surface area contributed by atoms with Gasteiger partial charge in [0.15, 0.2) is 0 Å². The second-order valence-electron chi connectivity index (χ2n) is 4.33. The third-order valence-electron chi connectivity index (χ3n) is 3.03. The lowest BCUT2D eigenvalue weighted by Gasteiger charge is -2.11. The molecular formula is C14H13FN2OS. The second kappa shape index (κ2) is 5.13. The number of benzene rings is 1. The molecular weight excluding hydrogens is 263 g/mol. The van der Waals surface area contributed by atoms with Crippen LogP contribution in [-0.4, -0.2) is 0 Å². The Hall–Kier alpha value is -1.69. The van der Waals surface area contributed by atoms with Crippen LogP contribution in [0.25, 0.3) is 10.1 Å². The summed E-state index contributed by atoms with van der Waals surface area (Å²) in [6.45, 7) is 0. The third kappa shape index (κ3) is 2.53. The first-order chi connectivity index (χ1) is 9.26. The standard InChI is InChI=1S/C14H13FN2OS/c15-10-3-4-13-9(6-10)7-14(19-13)12(17-16)8-11-2-1-5-18-11/h1-7,12,17H,8,16H2. The molecule has 2 aromatic heterocycles. The Balaban J connectivity index is 1.92. The molecule has 98 valence electrons. The van der Waals surface area contributed by atoms with E-state index in [9.17, 15) is 4.39 Å². The number of nitrogens with two attached hydrogens (primary N) is 1. The molecule has 0 aliphatic carbocycles. The maximum absolute atomic E-state index is 13.2.